The summed E-state index contributed by atoms with van der Waals surface area (Å²) in [5.74, 6) is -0.997. The lowest BCUT2D eigenvalue weighted by Gasteiger charge is -2.20. The van der Waals surface area contributed by atoms with Crippen molar-refractivity contribution >= 4 is 43.1 Å². The lowest BCUT2D eigenvalue weighted by molar-refractivity contribution is -0.137. The first kappa shape index (κ1) is 29.7. The lowest BCUT2D eigenvalue weighted by Crippen LogP contribution is -2.27. The first-order valence-corrected chi connectivity index (χ1v) is 15.3. The van der Waals surface area contributed by atoms with Crippen LogP contribution in [0.4, 0.5) is 36.4 Å². The van der Waals surface area contributed by atoms with Gasteiger partial charge in [0.05, 0.1) is 22.6 Å². The second kappa shape index (κ2) is 11.7. The van der Waals surface area contributed by atoms with Crippen LogP contribution in [0.25, 0.3) is 0 Å². The van der Waals surface area contributed by atoms with E-state index in [0.717, 1.165) is 10.6 Å². The smallest absolute Gasteiger partial charge is 0.365 e. The second-order valence-corrected chi connectivity index (χ2v) is 12.8. The zero-order valence-corrected chi connectivity index (χ0v) is 23.3. The molecule has 0 aliphatic carbocycles. The third-order valence-corrected chi connectivity index (χ3v) is 8.57. The molecule has 216 valence electrons. The Morgan fingerprint density at radius 3 is 2.24 bits per heavy atom. The van der Waals surface area contributed by atoms with Gasteiger partial charge in [-0.05, 0) is 42.5 Å². The van der Waals surface area contributed by atoms with Crippen molar-refractivity contribution in [3.63, 3.8) is 0 Å². The molecule has 3 aromatic heterocycles. The average Bonchev–Trinajstić information content (AvgIpc) is 2.91. The van der Waals surface area contributed by atoms with Crippen LogP contribution in [0.15, 0.2) is 78.1 Å². The summed E-state index contributed by atoms with van der Waals surface area (Å²) in [5, 5.41) is 5.37. The van der Waals surface area contributed by atoms with Gasteiger partial charge >= 0.3 is 6.18 Å². The normalized spacial score (nSPS) is 12.1. The van der Waals surface area contributed by atoms with Crippen LogP contribution in [0.2, 0.25) is 0 Å². The predicted octanol–water partition coefficient (Wildman–Crippen LogP) is 4.01. The van der Waals surface area contributed by atoms with Crippen molar-refractivity contribution in [1.29, 1.82) is 0 Å². The summed E-state index contributed by atoms with van der Waals surface area (Å²) >= 11 is 0. The van der Waals surface area contributed by atoms with Crippen LogP contribution >= 0.6 is 0 Å². The highest BCUT2D eigenvalue weighted by molar-refractivity contribution is 7.92. The van der Waals surface area contributed by atoms with E-state index in [1.807, 2.05) is 0 Å². The maximum atomic E-state index is 13.7. The molecule has 0 amide bonds. The van der Waals surface area contributed by atoms with Crippen molar-refractivity contribution in [1.82, 2.24) is 19.9 Å². The summed E-state index contributed by atoms with van der Waals surface area (Å²) in [6.45, 7) is -0.231. The third kappa shape index (κ3) is 7.46. The number of halogens is 3. The van der Waals surface area contributed by atoms with Crippen LogP contribution in [0, 0.1) is 0 Å². The number of nitrogens with one attached hydrogen (secondary N) is 2. The molecule has 0 fully saturated rings. The van der Waals surface area contributed by atoms with Crippen LogP contribution < -0.4 is 14.9 Å². The van der Waals surface area contributed by atoms with E-state index in [1.54, 1.807) is 18.2 Å². The molecule has 2 N–H and O–H groups in total. The molecule has 1 aromatic carbocycles. The number of sulfone groups is 1. The van der Waals surface area contributed by atoms with E-state index in [9.17, 15) is 30.0 Å². The zero-order chi connectivity index (χ0) is 29.8. The lowest BCUT2D eigenvalue weighted by atomic mass is 10.2. The Balaban J connectivity index is 1.55. The standard InChI is InChI=1S/C25H24F3N7O4S2/c1-35(40(2,36)37)23-17(6-5-13-30-23)14-31-22-21(25(26,27)28)15-32-24(34-22)33-18-8-10-20(11-9-18)41(38,39)16-19-7-3-4-12-29-19/h3-13,15H,14,16H2,1-2H3,(H2,31,32,33,34). The molecule has 4 rings (SSSR count). The number of benzene rings is 1. The van der Waals surface area contributed by atoms with E-state index in [-0.39, 0.29) is 29.0 Å². The maximum Gasteiger partial charge on any atom is 0.421 e. The van der Waals surface area contributed by atoms with Gasteiger partial charge in [-0.15, -0.1) is 0 Å². The summed E-state index contributed by atoms with van der Waals surface area (Å²) in [7, 11) is -6.08. The minimum Gasteiger partial charge on any atom is -0.365 e. The number of hydrogen-bond donors (Lipinski definition) is 2. The molecule has 0 unspecified atom stereocenters. The van der Waals surface area contributed by atoms with Crippen molar-refractivity contribution in [3.05, 3.63) is 90.0 Å². The van der Waals surface area contributed by atoms with Gasteiger partial charge in [-0.2, -0.15) is 18.2 Å². The maximum absolute atomic E-state index is 13.7. The fraction of sp³-hybridized carbons (Fsp3) is 0.200. The van der Waals surface area contributed by atoms with Crippen molar-refractivity contribution in [2.75, 3.05) is 28.2 Å². The van der Waals surface area contributed by atoms with E-state index in [2.05, 4.69) is 30.6 Å². The number of hydrogen-bond acceptors (Lipinski definition) is 10. The third-order valence-electron chi connectivity index (χ3n) is 5.74. The molecule has 3 heterocycles. The minimum atomic E-state index is -4.79. The Bertz CT molecular complexity index is 1740. The van der Waals surface area contributed by atoms with Crippen LogP contribution in [-0.2, 0) is 38.3 Å². The quantitative estimate of drug-likeness (QED) is 0.271. The van der Waals surface area contributed by atoms with E-state index in [1.165, 1.54) is 55.8 Å². The van der Waals surface area contributed by atoms with Crippen molar-refractivity contribution in [2.45, 2.75) is 23.4 Å². The molecule has 16 heteroatoms. The van der Waals surface area contributed by atoms with Gasteiger partial charge in [0.25, 0.3) is 0 Å². The van der Waals surface area contributed by atoms with Gasteiger partial charge in [0.2, 0.25) is 16.0 Å². The van der Waals surface area contributed by atoms with Crippen molar-refractivity contribution in [2.24, 2.45) is 0 Å². The molecule has 11 nitrogen and oxygen atoms in total. The zero-order valence-electron chi connectivity index (χ0n) is 21.7. The van der Waals surface area contributed by atoms with Crippen LogP contribution in [-0.4, -0.2) is 50.1 Å². The Labute approximate surface area is 234 Å². The molecule has 0 radical (unpaired) electrons. The summed E-state index contributed by atoms with van der Waals surface area (Å²) < 4.78 is 91.4. The Hall–Kier alpha value is -4.31. The number of rotatable bonds is 10. The van der Waals surface area contributed by atoms with Crippen molar-refractivity contribution < 1.29 is 30.0 Å². The van der Waals surface area contributed by atoms with Gasteiger partial charge in [0, 0.05) is 43.4 Å². The van der Waals surface area contributed by atoms with E-state index < -0.39 is 37.4 Å². The first-order chi connectivity index (χ1) is 19.2. The summed E-state index contributed by atoms with van der Waals surface area (Å²) in [6.07, 6.45) is -0.342. The predicted molar refractivity (Wildman–Crippen MR) is 147 cm³/mol. The molecule has 0 aliphatic rings. The van der Waals surface area contributed by atoms with Crippen LogP contribution in [0.5, 0.6) is 0 Å². The highest BCUT2D eigenvalue weighted by atomic mass is 32.2. The van der Waals surface area contributed by atoms with Gasteiger partial charge in [-0.3, -0.25) is 9.29 Å². The second-order valence-electron chi connectivity index (χ2n) is 8.75. The van der Waals surface area contributed by atoms with E-state index >= 15 is 0 Å². The molecule has 4 aromatic rings. The SMILES string of the molecule is CN(c1ncccc1CNc1nc(Nc2ccc(S(=O)(=O)Cc3ccccn3)cc2)ncc1C(F)(F)F)S(C)(=O)=O. The number of anilines is 4. The molecule has 0 atom stereocenters. The number of sulfonamides is 1. The van der Waals surface area contributed by atoms with Crippen LogP contribution in [0.3, 0.4) is 0 Å². The molecular weight excluding hydrogens is 583 g/mol. The van der Waals surface area contributed by atoms with Crippen molar-refractivity contribution in [3.8, 4) is 0 Å². The molecule has 0 saturated carbocycles. The fourth-order valence-corrected chi connectivity index (χ4v) is 5.36. The Morgan fingerprint density at radius 2 is 1.61 bits per heavy atom. The monoisotopic (exact) mass is 607 g/mol. The molecule has 0 aliphatic heterocycles. The average molecular weight is 608 g/mol. The van der Waals surface area contributed by atoms with Gasteiger partial charge in [0.15, 0.2) is 9.84 Å². The summed E-state index contributed by atoms with van der Waals surface area (Å²) in [6, 6.07) is 13.6. The molecule has 0 bridgehead atoms. The molecule has 0 saturated heterocycles. The largest absolute Gasteiger partial charge is 0.421 e. The minimum absolute atomic E-state index is 0.0377. The molecule has 0 spiro atoms. The highest BCUT2D eigenvalue weighted by Gasteiger charge is 2.35. The first-order valence-electron chi connectivity index (χ1n) is 11.8. The number of nitrogens with zero attached hydrogens (tertiary/aromatic N) is 5. The summed E-state index contributed by atoms with van der Waals surface area (Å²) in [4.78, 5) is 15.8. The number of aromatic nitrogens is 4. The molecule has 41 heavy (non-hydrogen) atoms. The van der Waals surface area contributed by atoms with E-state index in [4.69, 9.17) is 0 Å². The number of alkyl halides is 3. The Kier molecular flexibility index (Phi) is 8.44. The van der Waals surface area contributed by atoms with E-state index in [0.29, 0.717) is 23.1 Å². The van der Waals surface area contributed by atoms with Crippen LogP contribution in [0.1, 0.15) is 16.8 Å². The van der Waals surface area contributed by atoms with Gasteiger partial charge < -0.3 is 10.6 Å². The van der Waals surface area contributed by atoms with Gasteiger partial charge in [0.1, 0.15) is 17.2 Å². The summed E-state index contributed by atoms with van der Waals surface area (Å²) in [5.41, 5.74) is -0.115. The number of pyridine rings is 2. The van der Waals surface area contributed by atoms with Gasteiger partial charge in [-0.1, -0.05) is 12.1 Å². The molecular formula is C25H24F3N7O4S2. The van der Waals surface area contributed by atoms with Gasteiger partial charge in [-0.25, -0.2) is 26.8 Å². The topological polar surface area (TPSA) is 147 Å². The Morgan fingerprint density at radius 1 is 0.902 bits per heavy atom. The fourth-order valence-electron chi connectivity index (χ4n) is 3.61. The highest BCUT2D eigenvalue weighted by Crippen LogP contribution is 2.34.